The summed E-state index contributed by atoms with van der Waals surface area (Å²) in [5.74, 6) is 0. The van der Waals surface area contributed by atoms with Crippen molar-refractivity contribution in [1.82, 2.24) is 0 Å². The minimum absolute atomic E-state index is 0.842. The van der Waals surface area contributed by atoms with Crippen LogP contribution < -0.4 is 0 Å². The fraction of sp³-hybridized carbons (Fsp3) is 0.667. The summed E-state index contributed by atoms with van der Waals surface area (Å²) in [6, 6.07) is 0. The third kappa shape index (κ3) is 1.64. The Morgan fingerprint density at radius 2 is 2.00 bits per heavy atom. The minimum Gasteiger partial charge on any atom is -0.391 e. The molecule has 0 aromatic rings. The van der Waals surface area contributed by atoms with Crippen LogP contribution in [0.1, 0.15) is 6.42 Å². The first-order valence-corrected chi connectivity index (χ1v) is 5.58. The SMILES string of the molecule is C=C[Si]1(C)OCCCO1. The molecule has 2 nitrogen and oxygen atoms in total. The highest BCUT2D eigenvalue weighted by molar-refractivity contribution is 6.71. The van der Waals surface area contributed by atoms with Gasteiger partial charge in [0.1, 0.15) is 0 Å². The van der Waals surface area contributed by atoms with Crippen molar-refractivity contribution in [3.63, 3.8) is 0 Å². The summed E-state index contributed by atoms with van der Waals surface area (Å²) >= 11 is 0. The van der Waals surface area contributed by atoms with Crippen molar-refractivity contribution in [1.29, 1.82) is 0 Å². The molecule has 1 heterocycles. The Bertz CT molecular complexity index is 108. The van der Waals surface area contributed by atoms with Gasteiger partial charge < -0.3 is 8.85 Å². The molecule has 1 rings (SSSR count). The van der Waals surface area contributed by atoms with Crippen molar-refractivity contribution < 1.29 is 8.85 Å². The lowest BCUT2D eigenvalue weighted by atomic mass is 10.5. The molecule has 0 spiro atoms. The highest BCUT2D eigenvalue weighted by Gasteiger charge is 2.29. The summed E-state index contributed by atoms with van der Waals surface area (Å²) in [5, 5.41) is 0. The summed E-state index contributed by atoms with van der Waals surface area (Å²) in [5.41, 5.74) is 1.83. The first-order chi connectivity index (χ1) is 4.27. The zero-order valence-corrected chi connectivity index (χ0v) is 6.72. The van der Waals surface area contributed by atoms with Crippen LogP contribution in [0.2, 0.25) is 6.55 Å². The summed E-state index contributed by atoms with van der Waals surface area (Å²) in [4.78, 5) is 0. The molecule has 0 radical (unpaired) electrons. The summed E-state index contributed by atoms with van der Waals surface area (Å²) in [7, 11) is -1.85. The molecule has 1 aliphatic heterocycles. The van der Waals surface area contributed by atoms with Gasteiger partial charge in [-0.05, 0) is 18.7 Å². The van der Waals surface area contributed by atoms with Gasteiger partial charge in [-0.2, -0.15) is 0 Å². The van der Waals surface area contributed by atoms with E-state index in [0.29, 0.717) is 0 Å². The Morgan fingerprint density at radius 1 is 1.44 bits per heavy atom. The maximum absolute atomic E-state index is 5.41. The highest BCUT2D eigenvalue weighted by Crippen LogP contribution is 2.13. The summed E-state index contributed by atoms with van der Waals surface area (Å²) in [6.45, 7) is 7.36. The number of hydrogen-bond acceptors (Lipinski definition) is 2. The average Bonchev–Trinajstić information content (AvgIpc) is 1.90. The molecular formula is C6H12O2Si. The van der Waals surface area contributed by atoms with Gasteiger partial charge in [-0.25, -0.2) is 0 Å². The van der Waals surface area contributed by atoms with Crippen LogP contribution in [0.3, 0.4) is 0 Å². The molecule has 1 aliphatic rings. The van der Waals surface area contributed by atoms with E-state index in [1.54, 1.807) is 0 Å². The molecule has 0 saturated carbocycles. The zero-order chi connectivity index (χ0) is 6.74. The molecule has 0 unspecified atom stereocenters. The summed E-state index contributed by atoms with van der Waals surface area (Å²) in [6.07, 6.45) is 1.02. The van der Waals surface area contributed by atoms with E-state index in [-0.39, 0.29) is 0 Å². The van der Waals surface area contributed by atoms with Gasteiger partial charge in [0, 0.05) is 13.2 Å². The Hall–Kier alpha value is -0.123. The second-order valence-corrected chi connectivity index (χ2v) is 5.29. The lowest BCUT2D eigenvalue weighted by Gasteiger charge is -2.27. The van der Waals surface area contributed by atoms with Crippen LogP contribution in [0.5, 0.6) is 0 Å². The topological polar surface area (TPSA) is 18.5 Å². The van der Waals surface area contributed by atoms with Crippen LogP contribution in [-0.2, 0) is 8.85 Å². The zero-order valence-electron chi connectivity index (χ0n) is 5.72. The van der Waals surface area contributed by atoms with Crippen molar-refractivity contribution in [2.24, 2.45) is 0 Å². The first kappa shape index (κ1) is 6.99. The van der Waals surface area contributed by atoms with Crippen LogP contribution in [-0.4, -0.2) is 21.8 Å². The molecule has 9 heavy (non-hydrogen) atoms. The van der Waals surface area contributed by atoms with Crippen molar-refractivity contribution >= 4 is 8.56 Å². The first-order valence-electron chi connectivity index (χ1n) is 3.18. The van der Waals surface area contributed by atoms with Gasteiger partial charge in [-0.3, -0.25) is 0 Å². The third-order valence-corrected chi connectivity index (χ3v) is 3.73. The smallest absolute Gasteiger partial charge is 0.361 e. The molecule has 1 saturated heterocycles. The minimum atomic E-state index is -1.85. The van der Waals surface area contributed by atoms with Crippen LogP contribution in [0.25, 0.3) is 0 Å². The monoisotopic (exact) mass is 144 g/mol. The molecular weight excluding hydrogens is 132 g/mol. The summed E-state index contributed by atoms with van der Waals surface area (Å²) < 4.78 is 10.8. The van der Waals surface area contributed by atoms with E-state index < -0.39 is 8.56 Å². The Balaban J connectivity index is 2.46. The second kappa shape index (κ2) is 2.64. The standard InChI is InChI=1S/C6H12O2Si/c1-3-9(2)7-5-4-6-8-9/h3H,1,4-6H2,2H3. The van der Waals surface area contributed by atoms with Crippen LogP contribution >= 0.6 is 0 Å². The van der Waals surface area contributed by atoms with Crippen LogP contribution in [0.15, 0.2) is 12.3 Å². The molecule has 0 N–H and O–H groups in total. The van der Waals surface area contributed by atoms with E-state index in [9.17, 15) is 0 Å². The predicted octanol–water partition coefficient (Wildman–Crippen LogP) is 1.22. The van der Waals surface area contributed by atoms with E-state index in [1.807, 2.05) is 12.2 Å². The molecule has 0 atom stereocenters. The molecule has 52 valence electrons. The van der Waals surface area contributed by atoms with E-state index in [4.69, 9.17) is 8.85 Å². The third-order valence-electron chi connectivity index (χ3n) is 1.44. The Labute approximate surface area is 56.7 Å². The molecule has 0 bridgehead atoms. The van der Waals surface area contributed by atoms with E-state index >= 15 is 0 Å². The lowest BCUT2D eigenvalue weighted by Crippen LogP contribution is -2.41. The van der Waals surface area contributed by atoms with Crippen LogP contribution in [0, 0.1) is 0 Å². The predicted molar refractivity (Wildman–Crippen MR) is 38.3 cm³/mol. The number of hydrogen-bond donors (Lipinski definition) is 0. The Kier molecular flexibility index (Phi) is 2.05. The maximum Gasteiger partial charge on any atom is 0.361 e. The largest absolute Gasteiger partial charge is 0.391 e. The lowest BCUT2D eigenvalue weighted by molar-refractivity contribution is 0.123. The van der Waals surface area contributed by atoms with Crippen molar-refractivity contribution in [3.05, 3.63) is 12.3 Å². The molecule has 3 heteroatoms. The average molecular weight is 144 g/mol. The van der Waals surface area contributed by atoms with Gasteiger partial charge in [-0.15, -0.1) is 6.58 Å². The molecule has 0 amide bonds. The Morgan fingerprint density at radius 3 is 2.33 bits per heavy atom. The fourth-order valence-electron chi connectivity index (χ4n) is 0.768. The molecule has 0 aliphatic carbocycles. The quantitative estimate of drug-likeness (QED) is 0.515. The van der Waals surface area contributed by atoms with Gasteiger partial charge in [-0.1, -0.05) is 0 Å². The van der Waals surface area contributed by atoms with E-state index in [1.165, 1.54) is 0 Å². The van der Waals surface area contributed by atoms with Gasteiger partial charge in [0.2, 0.25) is 0 Å². The highest BCUT2D eigenvalue weighted by atomic mass is 28.4. The van der Waals surface area contributed by atoms with E-state index in [0.717, 1.165) is 19.6 Å². The van der Waals surface area contributed by atoms with Gasteiger partial charge >= 0.3 is 8.56 Å². The van der Waals surface area contributed by atoms with Gasteiger partial charge in [0.05, 0.1) is 0 Å². The van der Waals surface area contributed by atoms with Crippen LogP contribution in [0.4, 0.5) is 0 Å². The fourth-order valence-corrected chi connectivity index (χ4v) is 2.19. The van der Waals surface area contributed by atoms with Gasteiger partial charge in [0.25, 0.3) is 0 Å². The second-order valence-electron chi connectivity index (χ2n) is 2.27. The normalized spacial score (nSPS) is 25.4. The molecule has 1 fully saturated rings. The number of rotatable bonds is 1. The molecule has 0 aromatic carbocycles. The maximum atomic E-state index is 5.41. The molecule has 0 aromatic heterocycles. The van der Waals surface area contributed by atoms with Crippen molar-refractivity contribution in [2.45, 2.75) is 13.0 Å². The van der Waals surface area contributed by atoms with E-state index in [2.05, 4.69) is 6.58 Å². The van der Waals surface area contributed by atoms with Crippen molar-refractivity contribution in [3.8, 4) is 0 Å². The van der Waals surface area contributed by atoms with Crippen molar-refractivity contribution in [2.75, 3.05) is 13.2 Å². The van der Waals surface area contributed by atoms with Gasteiger partial charge in [0.15, 0.2) is 0 Å².